The third-order valence-electron chi connectivity index (χ3n) is 7.00. The number of fused-ring (bicyclic) bond motifs is 1. The summed E-state index contributed by atoms with van der Waals surface area (Å²) in [7, 11) is 0. The van der Waals surface area contributed by atoms with Crippen LogP contribution in [0, 0.1) is 11.8 Å². The van der Waals surface area contributed by atoms with Gasteiger partial charge < -0.3 is 14.6 Å². The van der Waals surface area contributed by atoms with Crippen LogP contribution in [0.5, 0.6) is 0 Å². The van der Waals surface area contributed by atoms with E-state index in [1.165, 1.54) is 0 Å². The molecule has 1 aliphatic carbocycles. The van der Waals surface area contributed by atoms with E-state index in [1.807, 2.05) is 6.07 Å². The van der Waals surface area contributed by atoms with Gasteiger partial charge in [0.05, 0.1) is 17.0 Å². The fourth-order valence-electron chi connectivity index (χ4n) is 5.11. The molecule has 0 radical (unpaired) electrons. The van der Waals surface area contributed by atoms with Crippen molar-refractivity contribution in [3.05, 3.63) is 29.6 Å². The fourth-order valence-corrected chi connectivity index (χ4v) is 5.11. The molecule has 1 aromatic carbocycles. The number of imidazole rings is 1. The first-order valence-electron chi connectivity index (χ1n) is 11.9. The third-order valence-corrected chi connectivity index (χ3v) is 7.00. The Kier molecular flexibility index (Phi) is 6.22. The molecule has 1 amide bonds. The number of hydrogen-bond donors (Lipinski definition) is 1. The van der Waals surface area contributed by atoms with Crippen LogP contribution >= 0.6 is 0 Å². The molecule has 33 heavy (non-hydrogen) atoms. The second kappa shape index (κ2) is 8.69. The number of carbonyl (C=O) groups excluding carboxylic acids is 1. The molecule has 1 atom stereocenters. The van der Waals surface area contributed by atoms with Gasteiger partial charge in [-0.2, -0.15) is 0 Å². The number of carboxylic acids is 1. The second-order valence-electron chi connectivity index (χ2n) is 10.7. The van der Waals surface area contributed by atoms with Gasteiger partial charge in [0, 0.05) is 43.5 Å². The summed E-state index contributed by atoms with van der Waals surface area (Å²) in [5.41, 5.74) is 1.86. The van der Waals surface area contributed by atoms with Crippen molar-refractivity contribution in [3.63, 3.8) is 0 Å². The van der Waals surface area contributed by atoms with Gasteiger partial charge in [0.15, 0.2) is 0 Å². The van der Waals surface area contributed by atoms with Crippen LogP contribution in [0.15, 0.2) is 18.2 Å². The maximum atomic E-state index is 13.6. The molecule has 2 heterocycles. The summed E-state index contributed by atoms with van der Waals surface area (Å²) in [6, 6.07) is 5.44. The highest BCUT2D eigenvalue weighted by atomic mass is 19.3. The number of nitrogens with zero attached hydrogens (tertiary/aromatic N) is 3. The lowest BCUT2D eigenvalue weighted by atomic mass is 9.86. The number of aromatic nitrogens is 2. The molecule has 0 spiro atoms. The molecular formula is C25H33F2N3O3. The van der Waals surface area contributed by atoms with Gasteiger partial charge in [-0.15, -0.1) is 0 Å². The van der Waals surface area contributed by atoms with E-state index >= 15 is 0 Å². The van der Waals surface area contributed by atoms with E-state index in [1.54, 1.807) is 17.0 Å². The molecule has 1 aromatic heterocycles. The fraction of sp³-hybridized carbons (Fsp3) is 0.640. The standard InChI is InChI=1S/C25H33F2N3O3/c1-24(2,3)23-28-19-13-17(21(31)29-12-4-5-18(15-29)22(32)33)6-7-20(19)30(23)14-16-8-10-25(26,27)11-9-16/h6-7,13,16,18H,4-5,8-12,14-15H2,1-3H3,(H,32,33). The smallest absolute Gasteiger partial charge is 0.308 e. The van der Waals surface area contributed by atoms with E-state index in [4.69, 9.17) is 4.98 Å². The van der Waals surface area contributed by atoms with Gasteiger partial charge in [-0.3, -0.25) is 9.59 Å². The van der Waals surface area contributed by atoms with Crippen LogP contribution in [-0.4, -0.2) is 50.4 Å². The summed E-state index contributed by atoms with van der Waals surface area (Å²) in [6.45, 7) is 7.64. The third kappa shape index (κ3) is 5.04. The molecule has 1 saturated carbocycles. The number of amides is 1. The molecule has 1 aliphatic heterocycles. The van der Waals surface area contributed by atoms with Gasteiger partial charge in [0.1, 0.15) is 5.82 Å². The van der Waals surface area contributed by atoms with E-state index in [0.717, 1.165) is 11.3 Å². The van der Waals surface area contributed by atoms with Gasteiger partial charge in [0.25, 0.3) is 5.91 Å². The van der Waals surface area contributed by atoms with Crippen molar-refractivity contribution >= 4 is 22.9 Å². The Morgan fingerprint density at radius 2 is 1.88 bits per heavy atom. The van der Waals surface area contributed by atoms with Gasteiger partial charge >= 0.3 is 5.97 Å². The van der Waals surface area contributed by atoms with Crippen LogP contribution in [0.2, 0.25) is 0 Å². The minimum Gasteiger partial charge on any atom is -0.481 e. The van der Waals surface area contributed by atoms with Gasteiger partial charge in [0.2, 0.25) is 5.92 Å². The Balaban J connectivity index is 1.62. The number of piperidine rings is 1. The van der Waals surface area contributed by atoms with Crippen molar-refractivity contribution in [2.75, 3.05) is 13.1 Å². The number of carboxylic acid groups (broad SMARTS) is 1. The summed E-state index contributed by atoms with van der Waals surface area (Å²) in [5, 5.41) is 9.33. The van der Waals surface area contributed by atoms with E-state index < -0.39 is 17.8 Å². The van der Waals surface area contributed by atoms with Crippen LogP contribution in [0.4, 0.5) is 8.78 Å². The second-order valence-corrected chi connectivity index (χ2v) is 10.7. The Bertz CT molecular complexity index is 1050. The molecule has 4 rings (SSSR count). The molecule has 6 nitrogen and oxygen atoms in total. The highest BCUT2D eigenvalue weighted by molar-refractivity contribution is 5.97. The summed E-state index contributed by atoms with van der Waals surface area (Å²) < 4.78 is 29.4. The number of halogens is 2. The lowest BCUT2D eigenvalue weighted by Crippen LogP contribution is -2.42. The van der Waals surface area contributed by atoms with Gasteiger partial charge in [-0.25, -0.2) is 13.8 Å². The molecule has 1 unspecified atom stereocenters. The average molecular weight is 462 g/mol. The van der Waals surface area contributed by atoms with Crippen molar-refractivity contribution < 1.29 is 23.5 Å². The molecule has 0 bridgehead atoms. The molecule has 2 aliphatic rings. The van der Waals surface area contributed by atoms with Crippen LogP contribution in [0.1, 0.15) is 75.5 Å². The normalized spacial score (nSPS) is 22.0. The van der Waals surface area contributed by atoms with E-state index in [9.17, 15) is 23.5 Å². The Hall–Kier alpha value is -2.51. The quantitative estimate of drug-likeness (QED) is 0.688. The predicted octanol–water partition coefficient (Wildman–Crippen LogP) is 5.10. The number of likely N-dealkylation sites (tertiary alicyclic amines) is 1. The average Bonchev–Trinajstić information content (AvgIpc) is 3.13. The topological polar surface area (TPSA) is 75.4 Å². The largest absolute Gasteiger partial charge is 0.481 e. The number of hydrogen-bond acceptors (Lipinski definition) is 3. The minimum atomic E-state index is -2.55. The number of aliphatic carboxylic acids is 1. The molecule has 1 saturated heterocycles. The zero-order valence-corrected chi connectivity index (χ0v) is 19.6. The highest BCUT2D eigenvalue weighted by Crippen LogP contribution is 2.38. The summed E-state index contributed by atoms with van der Waals surface area (Å²) in [5.74, 6) is -3.07. The van der Waals surface area contributed by atoms with Crippen molar-refractivity contribution in [2.24, 2.45) is 11.8 Å². The number of rotatable bonds is 4. The first-order chi connectivity index (χ1) is 15.4. The molecule has 180 valence electrons. The minimum absolute atomic E-state index is 0.0685. The van der Waals surface area contributed by atoms with Crippen LogP contribution < -0.4 is 0 Å². The Labute approximate surface area is 193 Å². The molecule has 8 heteroatoms. The maximum absolute atomic E-state index is 13.6. The lowest BCUT2D eigenvalue weighted by Gasteiger charge is -2.31. The number of benzene rings is 1. The van der Waals surface area contributed by atoms with Crippen molar-refractivity contribution in [1.29, 1.82) is 0 Å². The Morgan fingerprint density at radius 1 is 1.18 bits per heavy atom. The summed E-state index contributed by atoms with van der Waals surface area (Å²) >= 11 is 0. The predicted molar refractivity (Wildman–Crippen MR) is 122 cm³/mol. The SMILES string of the molecule is CC(C)(C)c1nc2cc(C(=O)N3CCCC(C(=O)O)C3)ccc2n1CC1CCC(F)(F)CC1. The van der Waals surface area contributed by atoms with Gasteiger partial charge in [-0.05, 0) is 49.8 Å². The first-order valence-corrected chi connectivity index (χ1v) is 11.9. The zero-order chi connectivity index (χ0) is 24.0. The molecular weight excluding hydrogens is 428 g/mol. The number of alkyl halides is 2. The van der Waals surface area contributed by atoms with Gasteiger partial charge in [-0.1, -0.05) is 20.8 Å². The van der Waals surface area contributed by atoms with Crippen molar-refractivity contribution in [3.8, 4) is 0 Å². The van der Waals surface area contributed by atoms with E-state index in [2.05, 4.69) is 25.3 Å². The Morgan fingerprint density at radius 3 is 2.52 bits per heavy atom. The number of carbonyl (C=O) groups is 2. The molecule has 2 aromatic rings. The van der Waals surface area contributed by atoms with E-state index in [0.29, 0.717) is 49.9 Å². The van der Waals surface area contributed by atoms with Crippen LogP contribution in [0.3, 0.4) is 0 Å². The van der Waals surface area contributed by atoms with E-state index in [-0.39, 0.29) is 36.6 Å². The monoisotopic (exact) mass is 461 g/mol. The lowest BCUT2D eigenvalue weighted by molar-refractivity contribution is -0.143. The first kappa shape index (κ1) is 23.6. The molecule has 1 N–H and O–H groups in total. The highest BCUT2D eigenvalue weighted by Gasteiger charge is 2.36. The molecule has 2 fully saturated rings. The van der Waals surface area contributed by atoms with Crippen molar-refractivity contribution in [2.45, 2.75) is 77.2 Å². The summed E-state index contributed by atoms with van der Waals surface area (Å²) in [6.07, 6.45) is 2.11. The van der Waals surface area contributed by atoms with Crippen LogP contribution in [-0.2, 0) is 16.8 Å². The maximum Gasteiger partial charge on any atom is 0.308 e. The van der Waals surface area contributed by atoms with Crippen LogP contribution in [0.25, 0.3) is 11.0 Å². The summed E-state index contributed by atoms with van der Waals surface area (Å²) in [4.78, 5) is 31.0. The zero-order valence-electron chi connectivity index (χ0n) is 19.6. The van der Waals surface area contributed by atoms with Crippen molar-refractivity contribution in [1.82, 2.24) is 14.5 Å².